The van der Waals surface area contributed by atoms with Gasteiger partial charge in [-0.3, -0.25) is 4.90 Å². The first kappa shape index (κ1) is 15.1. The summed E-state index contributed by atoms with van der Waals surface area (Å²) in [6.07, 6.45) is 0. The third-order valence-electron chi connectivity index (χ3n) is 3.53. The molecular formula is C15H24N2O3. The summed E-state index contributed by atoms with van der Waals surface area (Å²) >= 11 is 0. The van der Waals surface area contributed by atoms with Crippen LogP contribution >= 0.6 is 0 Å². The third-order valence-corrected chi connectivity index (χ3v) is 3.53. The third kappa shape index (κ3) is 4.37. The Morgan fingerprint density at radius 1 is 1.40 bits per heavy atom. The highest BCUT2D eigenvalue weighted by Gasteiger charge is 2.13. The second-order valence-corrected chi connectivity index (χ2v) is 5.20. The monoisotopic (exact) mass is 280 g/mol. The Labute approximate surface area is 120 Å². The molecule has 1 aliphatic rings. The highest BCUT2D eigenvalue weighted by molar-refractivity contribution is 5.41. The predicted molar refractivity (Wildman–Crippen MR) is 78.2 cm³/mol. The number of morpholine rings is 1. The van der Waals surface area contributed by atoms with Crippen molar-refractivity contribution in [2.24, 2.45) is 0 Å². The number of nitrogens with one attached hydrogen (secondary N) is 1. The Bertz CT molecular complexity index is 420. The highest BCUT2D eigenvalue weighted by Crippen LogP contribution is 2.26. The summed E-state index contributed by atoms with van der Waals surface area (Å²) < 4.78 is 10.4. The minimum absolute atomic E-state index is 0.188. The number of benzene rings is 1. The molecule has 0 aromatic heterocycles. The molecule has 1 aromatic carbocycles. The minimum atomic E-state index is 0.188. The van der Waals surface area contributed by atoms with Crippen molar-refractivity contribution in [1.29, 1.82) is 0 Å². The fourth-order valence-corrected chi connectivity index (χ4v) is 2.37. The van der Waals surface area contributed by atoms with E-state index in [1.807, 2.05) is 6.07 Å². The fourth-order valence-electron chi connectivity index (χ4n) is 2.37. The second kappa shape index (κ2) is 7.47. The molecule has 0 unspecified atom stereocenters. The molecule has 0 bridgehead atoms. The SMILES string of the molecule is COc1ccc(CN[C@@H](C)CN2CCOCC2)cc1O. The Hall–Kier alpha value is -1.30. The lowest BCUT2D eigenvalue weighted by Gasteiger charge is -2.29. The number of ether oxygens (including phenoxy) is 2. The quantitative estimate of drug-likeness (QED) is 0.820. The van der Waals surface area contributed by atoms with E-state index in [4.69, 9.17) is 9.47 Å². The number of hydrogen-bond donors (Lipinski definition) is 2. The standard InChI is InChI=1S/C15H24N2O3/c1-12(11-17-5-7-20-8-6-17)16-10-13-3-4-15(19-2)14(18)9-13/h3-4,9,12,16,18H,5-8,10-11H2,1-2H3/t12-/m0/s1. The van der Waals surface area contributed by atoms with E-state index in [0.717, 1.165) is 45.0 Å². The number of phenols is 1. The average Bonchev–Trinajstić information content (AvgIpc) is 2.46. The molecule has 0 amide bonds. The molecule has 1 aliphatic heterocycles. The number of phenolic OH excluding ortho intramolecular Hbond substituents is 1. The smallest absolute Gasteiger partial charge is 0.160 e. The van der Waals surface area contributed by atoms with Crippen molar-refractivity contribution < 1.29 is 14.6 Å². The van der Waals surface area contributed by atoms with Crippen molar-refractivity contribution in [1.82, 2.24) is 10.2 Å². The summed E-state index contributed by atoms with van der Waals surface area (Å²) in [6, 6.07) is 5.90. The van der Waals surface area contributed by atoms with Crippen molar-refractivity contribution in [3.05, 3.63) is 23.8 Å². The second-order valence-electron chi connectivity index (χ2n) is 5.20. The molecule has 112 valence electrons. The van der Waals surface area contributed by atoms with Crippen molar-refractivity contribution in [2.45, 2.75) is 19.5 Å². The summed E-state index contributed by atoms with van der Waals surface area (Å²) in [5.41, 5.74) is 1.05. The van der Waals surface area contributed by atoms with Crippen LogP contribution in [0.2, 0.25) is 0 Å². The van der Waals surface area contributed by atoms with E-state index in [0.29, 0.717) is 11.8 Å². The molecule has 1 atom stereocenters. The van der Waals surface area contributed by atoms with Gasteiger partial charge >= 0.3 is 0 Å². The Kier molecular flexibility index (Phi) is 5.64. The first-order valence-corrected chi connectivity index (χ1v) is 7.08. The van der Waals surface area contributed by atoms with Crippen LogP contribution in [0, 0.1) is 0 Å². The van der Waals surface area contributed by atoms with Crippen LogP contribution in [0.1, 0.15) is 12.5 Å². The normalized spacial score (nSPS) is 17.9. The van der Waals surface area contributed by atoms with Gasteiger partial charge in [-0.15, -0.1) is 0 Å². The molecule has 1 fully saturated rings. The van der Waals surface area contributed by atoms with Gasteiger partial charge in [0.25, 0.3) is 0 Å². The number of methoxy groups -OCH3 is 1. The van der Waals surface area contributed by atoms with Crippen molar-refractivity contribution >= 4 is 0 Å². The molecule has 2 N–H and O–H groups in total. The van der Waals surface area contributed by atoms with Crippen LogP contribution in [-0.2, 0) is 11.3 Å². The molecule has 0 spiro atoms. The Balaban J connectivity index is 1.77. The van der Waals surface area contributed by atoms with Crippen molar-refractivity contribution in [3.63, 3.8) is 0 Å². The first-order valence-electron chi connectivity index (χ1n) is 7.08. The molecule has 5 heteroatoms. The maximum absolute atomic E-state index is 9.74. The Morgan fingerprint density at radius 2 is 2.15 bits per heavy atom. The van der Waals surface area contributed by atoms with Gasteiger partial charge in [-0.25, -0.2) is 0 Å². The maximum atomic E-state index is 9.74. The lowest BCUT2D eigenvalue weighted by atomic mass is 10.2. The van der Waals surface area contributed by atoms with Crippen molar-refractivity contribution in [3.8, 4) is 11.5 Å². The lowest BCUT2D eigenvalue weighted by molar-refractivity contribution is 0.0343. The van der Waals surface area contributed by atoms with Gasteiger partial charge in [0.1, 0.15) is 0 Å². The van der Waals surface area contributed by atoms with Gasteiger partial charge in [-0.05, 0) is 24.6 Å². The van der Waals surface area contributed by atoms with Gasteiger partial charge in [0.05, 0.1) is 20.3 Å². The molecule has 5 nitrogen and oxygen atoms in total. The molecular weight excluding hydrogens is 256 g/mol. The van der Waals surface area contributed by atoms with Crippen LogP contribution in [0.3, 0.4) is 0 Å². The molecule has 0 saturated carbocycles. The first-order chi connectivity index (χ1) is 9.69. The van der Waals surface area contributed by atoms with Gasteiger partial charge in [0.2, 0.25) is 0 Å². The van der Waals surface area contributed by atoms with Crippen LogP contribution in [0.15, 0.2) is 18.2 Å². The van der Waals surface area contributed by atoms with E-state index in [1.165, 1.54) is 0 Å². The largest absolute Gasteiger partial charge is 0.504 e. The number of aromatic hydroxyl groups is 1. The van der Waals surface area contributed by atoms with E-state index >= 15 is 0 Å². The zero-order valence-corrected chi connectivity index (χ0v) is 12.3. The molecule has 20 heavy (non-hydrogen) atoms. The van der Waals surface area contributed by atoms with Crippen LogP contribution < -0.4 is 10.1 Å². The molecule has 1 saturated heterocycles. The number of nitrogens with zero attached hydrogens (tertiary/aromatic N) is 1. The van der Waals surface area contributed by atoms with Gasteiger partial charge in [0.15, 0.2) is 11.5 Å². The number of hydrogen-bond acceptors (Lipinski definition) is 5. The van der Waals surface area contributed by atoms with Gasteiger partial charge in [-0.1, -0.05) is 6.07 Å². The highest BCUT2D eigenvalue weighted by atomic mass is 16.5. The van der Waals surface area contributed by atoms with Crippen LogP contribution in [0.25, 0.3) is 0 Å². The van der Waals surface area contributed by atoms with Crippen molar-refractivity contribution in [2.75, 3.05) is 40.0 Å². The van der Waals surface area contributed by atoms with Gasteiger partial charge in [0, 0.05) is 32.2 Å². The van der Waals surface area contributed by atoms with E-state index < -0.39 is 0 Å². The summed E-state index contributed by atoms with van der Waals surface area (Å²) in [5.74, 6) is 0.697. The van der Waals surface area contributed by atoms with E-state index in [1.54, 1.807) is 19.2 Å². The number of rotatable bonds is 6. The summed E-state index contributed by atoms with van der Waals surface area (Å²) in [7, 11) is 1.55. The van der Waals surface area contributed by atoms with Gasteiger partial charge in [-0.2, -0.15) is 0 Å². The maximum Gasteiger partial charge on any atom is 0.160 e. The van der Waals surface area contributed by atoms with E-state index in [2.05, 4.69) is 17.1 Å². The Morgan fingerprint density at radius 3 is 2.80 bits per heavy atom. The topological polar surface area (TPSA) is 54.0 Å². The van der Waals surface area contributed by atoms with Crippen LogP contribution in [0.5, 0.6) is 11.5 Å². The summed E-state index contributed by atoms with van der Waals surface area (Å²) in [4.78, 5) is 2.41. The molecule has 2 rings (SSSR count). The lowest BCUT2D eigenvalue weighted by Crippen LogP contribution is -2.44. The molecule has 1 aromatic rings. The molecule has 0 aliphatic carbocycles. The van der Waals surface area contributed by atoms with Gasteiger partial charge < -0.3 is 19.9 Å². The molecule has 0 radical (unpaired) electrons. The summed E-state index contributed by atoms with van der Waals surface area (Å²) in [5, 5.41) is 13.2. The predicted octanol–water partition coefficient (Wildman–Crippen LogP) is 1.21. The van der Waals surface area contributed by atoms with E-state index in [9.17, 15) is 5.11 Å². The zero-order valence-electron chi connectivity index (χ0n) is 12.3. The minimum Gasteiger partial charge on any atom is -0.504 e. The fraction of sp³-hybridized carbons (Fsp3) is 0.600. The van der Waals surface area contributed by atoms with Crippen LogP contribution in [0.4, 0.5) is 0 Å². The molecule has 1 heterocycles. The van der Waals surface area contributed by atoms with E-state index in [-0.39, 0.29) is 5.75 Å². The zero-order chi connectivity index (χ0) is 14.4. The average molecular weight is 280 g/mol. The van der Waals surface area contributed by atoms with Crippen LogP contribution in [-0.4, -0.2) is 56.0 Å². The summed E-state index contributed by atoms with van der Waals surface area (Å²) in [6.45, 7) is 7.62.